The number of amides is 1. The molecule has 0 spiro atoms. The first-order valence-electron chi connectivity index (χ1n) is 30.8. The molecular weight excluding hydrogens is 873 g/mol. The number of ether oxygens (including phenoxy) is 3. The summed E-state index contributed by atoms with van der Waals surface area (Å²) >= 11 is 0. The molecule has 0 aliphatic rings. The van der Waals surface area contributed by atoms with Crippen LogP contribution in [0.15, 0.2) is 0 Å². The summed E-state index contributed by atoms with van der Waals surface area (Å²) in [6.07, 6.45) is 46.8. The lowest BCUT2D eigenvalue weighted by atomic mass is 10.0. The van der Waals surface area contributed by atoms with Gasteiger partial charge in [0.15, 0.2) is 0 Å². The predicted octanol–water partition coefficient (Wildman–Crippen LogP) is 17.8. The van der Waals surface area contributed by atoms with Crippen LogP contribution in [0, 0.1) is 0 Å². The van der Waals surface area contributed by atoms with Crippen LogP contribution >= 0.6 is 0 Å². The van der Waals surface area contributed by atoms with Crippen LogP contribution in [-0.2, 0) is 23.8 Å². The van der Waals surface area contributed by atoms with Gasteiger partial charge in [-0.1, -0.05) is 189 Å². The summed E-state index contributed by atoms with van der Waals surface area (Å²) in [5.74, 6) is -0.0194. The standard InChI is InChI=1S/C61H120N2O7/c1-8-13-17-33-44-56(45-34-18-14-9-2)68-59(65)50-39-29-23-21-27-37-48-58(70-61(67)63(54-42-52-62(6)7)53-41-31-25-26-32-43-55(64)12-5)49-38-28-22-24-30-40-51-60(66)69-57(46-35-19-15-10-3)47-36-20-16-11-4/h55-58,64H,8-54H2,1-7H3. The highest BCUT2D eigenvalue weighted by atomic mass is 16.6. The van der Waals surface area contributed by atoms with Crippen molar-refractivity contribution in [2.75, 3.05) is 33.7 Å². The number of hydrogen-bond donors (Lipinski definition) is 1. The summed E-state index contributed by atoms with van der Waals surface area (Å²) in [5, 5.41) is 9.92. The van der Waals surface area contributed by atoms with Gasteiger partial charge in [-0.3, -0.25) is 9.59 Å². The van der Waals surface area contributed by atoms with Crippen LogP contribution in [0.2, 0.25) is 0 Å². The van der Waals surface area contributed by atoms with Gasteiger partial charge in [-0.15, -0.1) is 0 Å². The number of esters is 2. The van der Waals surface area contributed by atoms with Crippen molar-refractivity contribution in [3.63, 3.8) is 0 Å². The van der Waals surface area contributed by atoms with Gasteiger partial charge in [0.05, 0.1) is 6.10 Å². The zero-order valence-corrected chi connectivity index (χ0v) is 47.8. The van der Waals surface area contributed by atoms with Gasteiger partial charge in [0.2, 0.25) is 0 Å². The SMILES string of the molecule is CCCCCCC(CCCCCC)OC(=O)CCCCCCCCC(CCCCCCCCC(=O)OC(CCCCCC)CCCCCC)OC(=O)N(CCCCCCCC(O)CC)CCCN(C)C. The van der Waals surface area contributed by atoms with Crippen molar-refractivity contribution in [1.29, 1.82) is 0 Å². The Hall–Kier alpha value is -1.87. The Bertz CT molecular complexity index is 1050. The lowest BCUT2D eigenvalue weighted by molar-refractivity contribution is -0.151. The lowest BCUT2D eigenvalue weighted by Crippen LogP contribution is -2.37. The van der Waals surface area contributed by atoms with Crippen molar-refractivity contribution in [2.45, 2.75) is 342 Å². The Morgan fingerprint density at radius 2 is 0.657 bits per heavy atom. The van der Waals surface area contributed by atoms with E-state index in [1.807, 2.05) is 11.8 Å². The molecule has 0 saturated carbocycles. The zero-order valence-electron chi connectivity index (χ0n) is 47.8. The summed E-state index contributed by atoms with van der Waals surface area (Å²) in [6, 6.07) is 0. The first-order chi connectivity index (χ1) is 34.1. The highest BCUT2D eigenvalue weighted by molar-refractivity contribution is 5.70. The summed E-state index contributed by atoms with van der Waals surface area (Å²) in [4.78, 5) is 43.7. The molecule has 0 radical (unpaired) electrons. The molecule has 0 aromatic heterocycles. The van der Waals surface area contributed by atoms with Crippen molar-refractivity contribution in [2.24, 2.45) is 0 Å². The van der Waals surface area contributed by atoms with Crippen molar-refractivity contribution in [1.82, 2.24) is 9.80 Å². The smallest absolute Gasteiger partial charge is 0.410 e. The van der Waals surface area contributed by atoms with E-state index >= 15 is 0 Å². The number of aliphatic hydroxyl groups is 1. The fraction of sp³-hybridized carbons (Fsp3) is 0.951. The van der Waals surface area contributed by atoms with E-state index < -0.39 is 0 Å². The number of unbranched alkanes of at least 4 members (excludes halogenated alkanes) is 26. The third-order valence-electron chi connectivity index (χ3n) is 14.4. The first kappa shape index (κ1) is 68.1. The molecule has 0 bridgehead atoms. The van der Waals surface area contributed by atoms with Crippen molar-refractivity contribution in [3.8, 4) is 0 Å². The van der Waals surface area contributed by atoms with Crippen LogP contribution in [0.1, 0.15) is 317 Å². The highest BCUT2D eigenvalue weighted by Gasteiger charge is 2.21. The number of hydrogen-bond acceptors (Lipinski definition) is 8. The Labute approximate surface area is 435 Å². The second-order valence-corrected chi connectivity index (χ2v) is 21.7. The Kier molecular flexibility index (Phi) is 50.6. The molecule has 0 aromatic carbocycles. The summed E-state index contributed by atoms with van der Waals surface area (Å²) < 4.78 is 18.4. The van der Waals surface area contributed by atoms with Crippen molar-refractivity contribution in [3.05, 3.63) is 0 Å². The topological polar surface area (TPSA) is 106 Å². The highest BCUT2D eigenvalue weighted by Crippen LogP contribution is 2.22. The van der Waals surface area contributed by atoms with Gasteiger partial charge < -0.3 is 29.1 Å². The van der Waals surface area contributed by atoms with E-state index in [2.05, 4.69) is 46.7 Å². The third-order valence-corrected chi connectivity index (χ3v) is 14.4. The average Bonchev–Trinajstić information content (AvgIpc) is 3.34. The molecular formula is C61H120N2O7. The normalized spacial score (nSPS) is 12.2. The molecule has 0 fully saturated rings. The monoisotopic (exact) mass is 993 g/mol. The largest absolute Gasteiger partial charge is 0.462 e. The molecule has 0 aliphatic carbocycles. The van der Waals surface area contributed by atoms with Crippen LogP contribution in [-0.4, -0.2) is 91.1 Å². The van der Waals surface area contributed by atoms with E-state index in [4.69, 9.17) is 14.2 Å². The summed E-state index contributed by atoms with van der Waals surface area (Å²) in [6.45, 7) is 13.4. The maximum absolute atomic E-state index is 13.9. The van der Waals surface area contributed by atoms with Gasteiger partial charge in [-0.25, -0.2) is 4.79 Å². The van der Waals surface area contributed by atoms with E-state index in [1.54, 1.807) is 0 Å². The molecule has 416 valence electrons. The van der Waals surface area contributed by atoms with E-state index in [0.717, 1.165) is 206 Å². The zero-order chi connectivity index (χ0) is 51.6. The van der Waals surface area contributed by atoms with E-state index in [-0.39, 0.29) is 42.4 Å². The molecule has 9 nitrogen and oxygen atoms in total. The van der Waals surface area contributed by atoms with Gasteiger partial charge in [-0.05, 0) is 136 Å². The number of carbonyl (C=O) groups is 3. The van der Waals surface area contributed by atoms with Gasteiger partial charge in [0.25, 0.3) is 0 Å². The first-order valence-corrected chi connectivity index (χ1v) is 30.8. The second-order valence-electron chi connectivity index (χ2n) is 21.7. The molecule has 9 heteroatoms. The predicted molar refractivity (Wildman–Crippen MR) is 298 cm³/mol. The summed E-state index contributed by atoms with van der Waals surface area (Å²) in [7, 11) is 4.17. The van der Waals surface area contributed by atoms with E-state index in [9.17, 15) is 19.5 Å². The third kappa shape index (κ3) is 46.0. The maximum atomic E-state index is 13.9. The van der Waals surface area contributed by atoms with Crippen LogP contribution in [0.3, 0.4) is 0 Å². The number of aliphatic hydroxyl groups excluding tert-OH is 1. The maximum Gasteiger partial charge on any atom is 0.410 e. The molecule has 0 aromatic rings. The fourth-order valence-corrected chi connectivity index (χ4v) is 9.67. The van der Waals surface area contributed by atoms with Gasteiger partial charge in [0.1, 0.15) is 18.3 Å². The van der Waals surface area contributed by atoms with Gasteiger partial charge in [-0.2, -0.15) is 0 Å². The van der Waals surface area contributed by atoms with E-state index in [0.29, 0.717) is 19.4 Å². The van der Waals surface area contributed by atoms with Gasteiger partial charge >= 0.3 is 18.0 Å². The van der Waals surface area contributed by atoms with E-state index in [1.165, 1.54) is 77.0 Å². The minimum atomic E-state index is -0.181. The number of carbonyl (C=O) groups excluding carboxylic acids is 3. The van der Waals surface area contributed by atoms with Crippen LogP contribution in [0.5, 0.6) is 0 Å². The molecule has 0 rings (SSSR count). The minimum Gasteiger partial charge on any atom is -0.462 e. The van der Waals surface area contributed by atoms with Crippen LogP contribution in [0.4, 0.5) is 4.79 Å². The molecule has 0 heterocycles. The molecule has 0 aliphatic heterocycles. The molecule has 1 N–H and O–H groups in total. The quantitative estimate of drug-likeness (QED) is 0.0365. The second kappa shape index (κ2) is 52.0. The van der Waals surface area contributed by atoms with Crippen molar-refractivity contribution >= 4 is 18.0 Å². The average molecular weight is 994 g/mol. The molecule has 70 heavy (non-hydrogen) atoms. The number of rotatable bonds is 54. The number of nitrogens with zero attached hydrogens (tertiary/aromatic N) is 2. The fourth-order valence-electron chi connectivity index (χ4n) is 9.67. The Morgan fingerprint density at radius 1 is 0.357 bits per heavy atom. The van der Waals surface area contributed by atoms with Crippen LogP contribution in [0.25, 0.3) is 0 Å². The molecule has 0 saturated heterocycles. The Balaban J connectivity index is 5.12. The molecule has 1 atom stereocenters. The summed E-state index contributed by atoms with van der Waals surface area (Å²) in [5.41, 5.74) is 0. The van der Waals surface area contributed by atoms with Crippen LogP contribution < -0.4 is 0 Å². The van der Waals surface area contributed by atoms with Gasteiger partial charge in [0, 0.05) is 25.9 Å². The minimum absolute atomic E-state index is 0.00968. The molecule has 1 unspecified atom stereocenters. The Morgan fingerprint density at radius 3 is 1.01 bits per heavy atom. The molecule has 1 amide bonds. The lowest BCUT2D eigenvalue weighted by Gasteiger charge is -2.26. The van der Waals surface area contributed by atoms with Crippen molar-refractivity contribution < 1.29 is 33.7 Å².